The van der Waals surface area contributed by atoms with Crippen molar-refractivity contribution in [2.45, 2.75) is 31.7 Å². The van der Waals surface area contributed by atoms with E-state index in [0.29, 0.717) is 17.9 Å². The van der Waals surface area contributed by atoms with Gasteiger partial charge >= 0.3 is 0 Å². The monoisotopic (exact) mass is 400 g/mol. The lowest BCUT2D eigenvalue weighted by molar-refractivity contribution is -0.119. The molecule has 1 atom stereocenters. The first-order valence-electron chi connectivity index (χ1n) is 9.86. The van der Waals surface area contributed by atoms with Gasteiger partial charge in [0.25, 0.3) is 5.91 Å². The number of aromatic nitrogens is 2. The number of ether oxygens (including phenoxy) is 2. The van der Waals surface area contributed by atoms with E-state index in [4.69, 9.17) is 9.47 Å². The minimum atomic E-state index is -0.238. The van der Waals surface area contributed by atoms with Crippen molar-refractivity contribution in [3.63, 3.8) is 0 Å². The van der Waals surface area contributed by atoms with Crippen LogP contribution in [0.1, 0.15) is 36.0 Å². The lowest BCUT2D eigenvalue weighted by Gasteiger charge is -2.36. The number of benzene rings is 1. The smallest absolute Gasteiger partial charge is 0.254 e. The highest BCUT2D eigenvalue weighted by Crippen LogP contribution is 2.23. The number of anilines is 1. The number of rotatable bonds is 8. The Morgan fingerprint density at radius 3 is 2.69 bits per heavy atom. The van der Waals surface area contributed by atoms with Gasteiger partial charge in [0.1, 0.15) is 6.61 Å². The quantitative estimate of drug-likeness (QED) is 0.736. The van der Waals surface area contributed by atoms with Gasteiger partial charge in [0.15, 0.2) is 0 Å². The number of nitrogens with one attached hydrogen (secondary N) is 1. The molecule has 1 N–H and O–H groups in total. The summed E-state index contributed by atoms with van der Waals surface area (Å²) in [4.78, 5) is 26.6. The molecular formula is C21H28N4O4. The Morgan fingerprint density at radius 2 is 1.97 bits per heavy atom. The van der Waals surface area contributed by atoms with Gasteiger partial charge in [-0.25, -0.2) is 4.68 Å². The first-order chi connectivity index (χ1) is 14.1. The third kappa shape index (κ3) is 5.42. The molecule has 0 aliphatic carbocycles. The Hall–Kier alpha value is -2.71. The van der Waals surface area contributed by atoms with Gasteiger partial charge in [-0.1, -0.05) is 0 Å². The molecule has 8 heteroatoms. The molecule has 29 heavy (non-hydrogen) atoms. The van der Waals surface area contributed by atoms with Crippen molar-refractivity contribution < 1.29 is 19.1 Å². The number of nitrogens with zero attached hydrogens (tertiary/aromatic N) is 3. The van der Waals surface area contributed by atoms with Gasteiger partial charge in [0.2, 0.25) is 5.91 Å². The number of likely N-dealkylation sites (tertiary alicyclic amines) is 1. The molecule has 2 aromatic rings. The normalized spacial score (nSPS) is 16.6. The SMILES string of the molecule is COCC[C@H]1CCCCN1C(=O)c1ccc(-n2cc(NC(=O)COC)cn2)cc1. The maximum absolute atomic E-state index is 13.0. The summed E-state index contributed by atoms with van der Waals surface area (Å²) in [6.45, 7) is 1.44. The van der Waals surface area contributed by atoms with Gasteiger partial charge in [0, 0.05) is 39.0 Å². The minimum absolute atomic E-state index is 0.0101. The van der Waals surface area contributed by atoms with Crippen molar-refractivity contribution in [2.75, 3.05) is 39.3 Å². The molecule has 0 radical (unpaired) electrons. The number of hydrogen-bond donors (Lipinski definition) is 1. The van der Waals surface area contributed by atoms with Crippen LogP contribution in [-0.2, 0) is 14.3 Å². The molecule has 0 bridgehead atoms. The van der Waals surface area contributed by atoms with Gasteiger partial charge < -0.3 is 19.7 Å². The van der Waals surface area contributed by atoms with Crippen molar-refractivity contribution in [1.29, 1.82) is 0 Å². The maximum Gasteiger partial charge on any atom is 0.254 e. The van der Waals surface area contributed by atoms with E-state index < -0.39 is 0 Å². The molecule has 0 saturated carbocycles. The molecule has 1 aromatic carbocycles. The highest BCUT2D eigenvalue weighted by Gasteiger charge is 2.27. The molecule has 0 spiro atoms. The zero-order valence-electron chi connectivity index (χ0n) is 17.0. The van der Waals surface area contributed by atoms with Crippen LogP contribution in [0.4, 0.5) is 5.69 Å². The number of methoxy groups -OCH3 is 2. The number of amides is 2. The molecule has 1 aliphatic rings. The predicted octanol–water partition coefficient (Wildman–Crippen LogP) is 2.49. The number of carbonyl (C=O) groups is 2. The third-order valence-corrected chi connectivity index (χ3v) is 5.06. The van der Waals surface area contributed by atoms with Gasteiger partial charge in [-0.15, -0.1) is 0 Å². The van der Waals surface area contributed by atoms with E-state index in [1.165, 1.54) is 7.11 Å². The van der Waals surface area contributed by atoms with E-state index in [2.05, 4.69) is 10.4 Å². The first-order valence-corrected chi connectivity index (χ1v) is 9.86. The molecule has 0 unspecified atom stereocenters. The summed E-state index contributed by atoms with van der Waals surface area (Å²) in [5, 5.41) is 6.97. The summed E-state index contributed by atoms with van der Waals surface area (Å²) in [7, 11) is 3.16. The fraction of sp³-hybridized carbons (Fsp3) is 0.476. The second-order valence-corrected chi connectivity index (χ2v) is 7.13. The highest BCUT2D eigenvalue weighted by atomic mass is 16.5. The van der Waals surface area contributed by atoms with Crippen molar-refractivity contribution in [3.8, 4) is 5.69 Å². The largest absolute Gasteiger partial charge is 0.385 e. The maximum atomic E-state index is 13.0. The zero-order valence-corrected chi connectivity index (χ0v) is 17.0. The van der Waals surface area contributed by atoms with Crippen LogP contribution in [0.25, 0.3) is 5.69 Å². The van der Waals surface area contributed by atoms with Crippen LogP contribution in [0.3, 0.4) is 0 Å². The van der Waals surface area contributed by atoms with Crippen LogP contribution in [0, 0.1) is 0 Å². The summed E-state index contributed by atoms with van der Waals surface area (Å²) in [6.07, 6.45) is 7.37. The van der Waals surface area contributed by atoms with Crippen LogP contribution in [-0.4, -0.2) is 66.5 Å². The average molecular weight is 400 g/mol. The minimum Gasteiger partial charge on any atom is -0.385 e. The van der Waals surface area contributed by atoms with Crippen molar-refractivity contribution in [2.24, 2.45) is 0 Å². The van der Waals surface area contributed by atoms with Crippen LogP contribution in [0.15, 0.2) is 36.7 Å². The van der Waals surface area contributed by atoms with Crippen LogP contribution < -0.4 is 5.32 Å². The van der Waals surface area contributed by atoms with Crippen LogP contribution in [0.2, 0.25) is 0 Å². The Balaban J connectivity index is 1.67. The fourth-order valence-corrected chi connectivity index (χ4v) is 3.60. The molecule has 1 aliphatic heterocycles. The second kappa shape index (κ2) is 10.2. The third-order valence-electron chi connectivity index (χ3n) is 5.06. The predicted molar refractivity (Wildman–Crippen MR) is 109 cm³/mol. The van der Waals surface area contributed by atoms with Crippen molar-refractivity contribution in [3.05, 3.63) is 42.2 Å². The van der Waals surface area contributed by atoms with Gasteiger partial charge in [-0.05, 0) is 49.9 Å². The molecule has 2 heterocycles. The number of hydrogen-bond acceptors (Lipinski definition) is 5. The number of piperidine rings is 1. The fourth-order valence-electron chi connectivity index (χ4n) is 3.60. The number of carbonyl (C=O) groups excluding carboxylic acids is 2. The van der Waals surface area contributed by atoms with Gasteiger partial charge in [0.05, 0.1) is 23.8 Å². The van der Waals surface area contributed by atoms with Gasteiger partial charge in [-0.2, -0.15) is 5.10 Å². The second-order valence-electron chi connectivity index (χ2n) is 7.13. The van der Waals surface area contributed by atoms with Crippen LogP contribution >= 0.6 is 0 Å². The Labute approximate surface area is 170 Å². The topological polar surface area (TPSA) is 85.7 Å². The van der Waals surface area contributed by atoms with E-state index >= 15 is 0 Å². The summed E-state index contributed by atoms with van der Waals surface area (Å²) in [5.74, 6) is -0.178. The lowest BCUT2D eigenvalue weighted by Crippen LogP contribution is -2.44. The van der Waals surface area contributed by atoms with E-state index in [9.17, 15) is 9.59 Å². The molecule has 1 saturated heterocycles. The molecule has 3 rings (SSSR count). The Morgan fingerprint density at radius 1 is 1.17 bits per heavy atom. The standard InChI is InChI=1S/C21H28N4O4/c1-28-12-10-18-5-3-4-11-24(18)21(27)16-6-8-19(9-7-16)25-14-17(13-22-25)23-20(26)15-29-2/h6-9,13-14,18H,3-5,10-12,15H2,1-2H3,(H,23,26)/t18-/m1/s1. The molecule has 156 valence electrons. The van der Waals surface area contributed by atoms with E-state index in [1.54, 1.807) is 24.2 Å². The molecule has 2 amide bonds. The highest BCUT2D eigenvalue weighted by molar-refractivity contribution is 5.94. The average Bonchev–Trinajstić information content (AvgIpc) is 3.20. The molecule has 1 fully saturated rings. The van der Waals surface area contributed by atoms with E-state index in [0.717, 1.165) is 37.9 Å². The summed E-state index contributed by atoms with van der Waals surface area (Å²) in [5.41, 5.74) is 2.06. The summed E-state index contributed by atoms with van der Waals surface area (Å²) < 4.78 is 11.7. The van der Waals surface area contributed by atoms with Crippen molar-refractivity contribution in [1.82, 2.24) is 14.7 Å². The molecule has 8 nitrogen and oxygen atoms in total. The van der Waals surface area contributed by atoms with Crippen LogP contribution in [0.5, 0.6) is 0 Å². The zero-order chi connectivity index (χ0) is 20.6. The molecule has 1 aromatic heterocycles. The molecular weight excluding hydrogens is 372 g/mol. The van der Waals surface area contributed by atoms with E-state index in [1.807, 2.05) is 29.2 Å². The Bertz CT molecular complexity index is 818. The van der Waals surface area contributed by atoms with Gasteiger partial charge in [-0.3, -0.25) is 9.59 Å². The summed E-state index contributed by atoms with van der Waals surface area (Å²) >= 11 is 0. The van der Waals surface area contributed by atoms with Crippen molar-refractivity contribution >= 4 is 17.5 Å². The Kier molecular flexibility index (Phi) is 7.37. The summed E-state index contributed by atoms with van der Waals surface area (Å²) in [6, 6.07) is 7.60. The first kappa shape index (κ1) is 21.0. The van der Waals surface area contributed by atoms with E-state index in [-0.39, 0.29) is 24.5 Å². The lowest BCUT2D eigenvalue weighted by atomic mass is 9.98.